The van der Waals surface area contributed by atoms with Crippen molar-refractivity contribution >= 4 is 11.8 Å². The number of hydrogen-bond acceptors (Lipinski definition) is 5. The Labute approximate surface area is 95.6 Å². The monoisotopic (exact) mass is 222 g/mol. The zero-order chi connectivity index (χ0) is 11.5. The van der Waals surface area contributed by atoms with E-state index < -0.39 is 0 Å². The Kier molecular flexibility index (Phi) is 3.24. The van der Waals surface area contributed by atoms with Gasteiger partial charge in [0.15, 0.2) is 0 Å². The Morgan fingerprint density at radius 2 is 2.00 bits per heavy atom. The molecule has 0 saturated carbocycles. The van der Waals surface area contributed by atoms with Gasteiger partial charge in [0.25, 0.3) is 0 Å². The molecular weight excluding hydrogens is 204 g/mol. The molecule has 2 rings (SSSR count). The standard InChI is InChI=1S/C11H18N4O/c1-8(2)9-7-10(12)14-11(13-9)15-3-5-16-6-4-15/h7-8H,3-6H2,1-2H3,(H2,12,13,14). The Morgan fingerprint density at radius 3 is 2.62 bits per heavy atom. The van der Waals surface area contributed by atoms with Gasteiger partial charge >= 0.3 is 0 Å². The summed E-state index contributed by atoms with van der Waals surface area (Å²) in [7, 11) is 0. The number of nitrogen functional groups attached to an aromatic ring is 1. The van der Waals surface area contributed by atoms with Crippen molar-refractivity contribution in [2.45, 2.75) is 19.8 Å². The van der Waals surface area contributed by atoms with E-state index in [0.29, 0.717) is 11.7 Å². The van der Waals surface area contributed by atoms with Crippen LogP contribution in [-0.4, -0.2) is 36.3 Å². The third-order valence-corrected chi connectivity index (χ3v) is 2.64. The normalized spacial score (nSPS) is 16.8. The molecule has 2 heterocycles. The lowest BCUT2D eigenvalue weighted by Gasteiger charge is -2.27. The summed E-state index contributed by atoms with van der Waals surface area (Å²) in [6.07, 6.45) is 0. The van der Waals surface area contributed by atoms with Gasteiger partial charge in [-0.05, 0) is 5.92 Å². The van der Waals surface area contributed by atoms with Gasteiger partial charge in [-0.15, -0.1) is 0 Å². The van der Waals surface area contributed by atoms with Crippen molar-refractivity contribution in [2.75, 3.05) is 36.9 Å². The minimum atomic E-state index is 0.366. The highest BCUT2D eigenvalue weighted by atomic mass is 16.5. The second-order valence-corrected chi connectivity index (χ2v) is 4.27. The number of nitrogens with zero attached hydrogens (tertiary/aromatic N) is 3. The number of ether oxygens (including phenoxy) is 1. The van der Waals surface area contributed by atoms with Gasteiger partial charge in [0, 0.05) is 19.2 Å². The zero-order valence-electron chi connectivity index (χ0n) is 9.81. The lowest BCUT2D eigenvalue weighted by atomic mass is 10.1. The first-order chi connectivity index (χ1) is 7.66. The average molecular weight is 222 g/mol. The molecule has 0 bridgehead atoms. The van der Waals surface area contributed by atoms with Crippen LogP contribution in [0.1, 0.15) is 25.5 Å². The van der Waals surface area contributed by atoms with E-state index in [1.165, 1.54) is 0 Å². The lowest BCUT2D eigenvalue weighted by Crippen LogP contribution is -2.37. The quantitative estimate of drug-likeness (QED) is 0.809. The fourth-order valence-electron chi connectivity index (χ4n) is 1.67. The maximum Gasteiger partial charge on any atom is 0.227 e. The lowest BCUT2D eigenvalue weighted by molar-refractivity contribution is 0.122. The van der Waals surface area contributed by atoms with Crippen LogP contribution in [0.5, 0.6) is 0 Å². The molecular formula is C11H18N4O. The van der Waals surface area contributed by atoms with E-state index in [1.54, 1.807) is 0 Å². The molecule has 0 atom stereocenters. The van der Waals surface area contributed by atoms with Gasteiger partial charge in [-0.25, -0.2) is 4.98 Å². The van der Waals surface area contributed by atoms with Crippen LogP contribution < -0.4 is 10.6 Å². The summed E-state index contributed by atoms with van der Waals surface area (Å²) in [6, 6.07) is 1.84. The number of hydrogen-bond donors (Lipinski definition) is 1. The van der Waals surface area contributed by atoms with E-state index in [9.17, 15) is 0 Å². The minimum absolute atomic E-state index is 0.366. The smallest absolute Gasteiger partial charge is 0.227 e. The van der Waals surface area contributed by atoms with Crippen molar-refractivity contribution in [3.63, 3.8) is 0 Å². The molecule has 5 nitrogen and oxygen atoms in total. The van der Waals surface area contributed by atoms with E-state index in [4.69, 9.17) is 10.5 Å². The highest BCUT2D eigenvalue weighted by Crippen LogP contribution is 2.18. The molecule has 0 aromatic carbocycles. The molecule has 0 unspecified atom stereocenters. The van der Waals surface area contributed by atoms with Gasteiger partial charge in [-0.1, -0.05) is 13.8 Å². The van der Waals surface area contributed by atoms with Crippen LogP contribution in [-0.2, 0) is 4.74 Å². The average Bonchev–Trinajstić information content (AvgIpc) is 2.29. The molecule has 0 amide bonds. The third-order valence-electron chi connectivity index (χ3n) is 2.64. The molecule has 1 aliphatic rings. The van der Waals surface area contributed by atoms with Gasteiger partial charge in [-0.3, -0.25) is 0 Å². The number of nitrogens with two attached hydrogens (primary N) is 1. The SMILES string of the molecule is CC(C)c1cc(N)nc(N2CCOCC2)n1. The summed E-state index contributed by atoms with van der Waals surface area (Å²) in [4.78, 5) is 10.9. The van der Waals surface area contributed by atoms with Gasteiger partial charge in [-0.2, -0.15) is 4.98 Å². The molecule has 5 heteroatoms. The van der Waals surface area contributed by atoms with Crippen LogP contribution in [0.15, 0.2) is 6.07 Å². The van der Waals surface area contributed by atoms with Crippen LogP contribution in [0.3, 0.4) is 0 Å². The highest BCUT2D eigenvalue weighted by molar-refractivity contribution is 5.41. The van der Waals surface area contributed by atoms with Crippen molar-refractivity contribution in [3.05, 3.63) is 11.8 Å². The molecule has 0 spiro atoms. The molecule has 1 fully saturated rings. The third kappa shape index (κ3) is 2.41. The van der Waals surface area contributed by atoms with Crippen LogP contribution in [0.4, 0.5) is 11.8 Å². The molecule has 1 aromatic rings. The van der Waals surface area contributed by atoms with Crippen LogP contribution >= 0.6 is 0 Å². The molecule has 1 aromatic heterocycles. The fraction of sp³-hybridized carbons (Fsp3) is 0.636. The summed E-state index contributed by atoms with van der Waals surface area (Å²) in [6.45, 7) is 7.34. The number of rotatable bonds is 2. The van der Waals surface area contributed by atoms with Crippen LogP contribution in [0.2, 0.25) is 0 Å². The topological polar surface area (TPSA) is 64.3 Å². The van der Waals surface area contributed by atoms with Crippen molar-refractivity contribution in [3.8, 4) is 0 Å². The largest absolute Gasteiger partial charge is 0.384 e. The van der Waals surface area contributed by atoms with Crippen molar-refractivity contribution < 1.29 is 4.74 Å². The number of anilines is 2. The van der Waals surface area contributed by atoms with Gasteiger partial charge in [0.2, 0.25) is 5.95 Å². The highest BCUT2D eigenvalue weighted by Gasteiger charge is 2.15. The van der Waals surface area contributed by atoms with E-state index in [-0.39, 0.29) is 0 Å². The number of aromatic nitrogens is 2. The first-order valence-electron chi connectivity index (χ1n) is 5.64. The summed E-state index contributed by atoms with van der Waals surface area (Å²) in [5.41, 5.74) is 6.79. The van der Waals surface area contributed by atoms with Crippen molar-refractivity contribution in [1.82, 2.24) is 9.97 Å². The summed E-state index contributed by atoms with van der Waals surface area (Å²) in [5, 5.41) is 0. The number of morpholine rings is 1. The van der Waals surface area contributed by atoms with Crippen molar-refractivity contribution in [1.29, 1.82) is 0 Å². The fourth-order valence-corrected chi connectivity index (χ4v) is 1.67. The second kappa shape index (κ2) is 4.65. The molecule has 1 saturated heterocycles. The second-order valence-electron chi connectivity index (χ2n) is 4.27. The van der Waals surface area contributed by atoms with E-state index >= 15 is 0 Å². The Hall–Kier alpha value is -1.36. The Balaban J connectivity index is 2.25. The van der Waals surface area contributed by atoms with E-state index in [0.717, 1.165) is 37.9 Å². The van der Waals surface area contributed by atoms with Gasteiger partial charge in [0.05, 0.1) is 18.9 Å². The van der Waals surface area contributed by atoms with Crippen LogP contribution in [0, 0.1) is 0 Å². The first-order valence-corrected chi connectivity index (χ1v) is 5.64. The predicted octanol–water partition coefficient (Wildman–Crippen LogP) is 1.02. The summed E-state index contributed by atoms with van der Waals surface area (Å²) in [5.74, 6) is 1.64. The van der Waals surface area contributed by atoms with Gasteiger partial charge in [0.1, 0.15) is 5.82 Å². The molecule has 0 aliphatic carbocycles. The molecule has 16 heavy (non-hydrogen) atoms. The van der Waals surface area contributed by atoms with E-state index in [1.807, 2.05) is 6.07 Å². The van der Waals surface area contributed by atoms with Crippen molar-refractivity contribution in [2.24, 2.45) is 0 Å². The predicted molar refractivity (Wildman–Crippen MR) is 63.6 cm³/mol. The molecule has 88 valence electrons. The summed E-state index contributed by atoms with van der Waals surface area (Å²) >= 11 is 0. The molecule has 1 aliphatic heterocycles. The Morgan fingerprint density at radius 1 is 1.31 bits per heavy atom. The van der Waals surface area contributed by atoms with Gasteiger partial charge < -0.3 is 15.4 Å². The summed E-state index contributed by atoms with van der Waals surface area (Å²) < 4.78 is 5.30. The van der Waals surface area contributed by atoms with Crippen LogP contribution in [0.25, 0.3) is 0 Å². The zero-order valence-corrected chi connectivity index (χ0v) is 9.81. The minimum Gasteiger partial charge on any atom is -0.384 e. The van der Waals surface area contributed by atoms with E-state index in [2.05, 4.69) is 28.7 Å². The Bertz CT molecular complexity index is 361. The first kappa shape index (κ1) is 11.1. The molecule has 0 radical (unpaired) electrons. The molecule has 2 N–H and O–H groups in total. The maximum atomic E-state index is 5.79. The maximum absolute atomic E-state index is 5.79.